The van der Waals surface area contributed by atoms with Crippen molar-refractivity contribution in [2.45, 2.75) is 50.2 Å². The zero-order chi connectivity index (χ0) is 11.4. The molecule has 0 saturated carbocycles. The summed E-state index contributed by atoms with van der Waals surface area (Å²) in [6.07, 6.45) is 8.61. The predicted octanol–water partition coefficient (Wildman–Crippen LogP) is 2.25. The summed E-state index contributed by atoms with van der Waals surface area (Å²) in [6.45, 7) is 5.01. The molecule has 2 N–H and O–H groups in total. The molecule has 2 bridgehead atoms. The maximum absolute atomic E-state index is 6.12. The van der Waals surface area contributed by atoms with E-state index in [1.165, 1.54) is 44.4 Å². The van der Waals surface area contributed by atoms with E-state index >= 15 is 0 Å². The first kappa shape index (κ1) is 12.5. The van der Waals surface area contributed by atoms with Crippen molar-refractivity contribution < 1.29 is 0 Å². The van der Waals surface area contributed by atoms with Gasteiger partial charge < -0.3 is 5.73 Å². The molecule has 16 heavy (non-hydrogen) atoms. The summed E-state index contributed by atoms with van der Waals surface area (Å²) >= 11 is 2.00. The van der Waals surface area contributed by atoms with Gasteiger partial charge in [-0.1, -0.05) is 12.5 Å². The van der Waals surface area contributed by atoms with Gasteiger partial charge in [0.1, 0.15) is 0 Å². The highest BCUT2D eigenvalue weighted by Crippen LogP contribution is 2.33. The van der Waals surface area contributed by atoms with Gasteiger partial charge in [-0.05, 0) is 25.7 Å². The van der Waals surface area contributed by atoms with E-state index in [1.54, 1.807) is 0 Å². The molecule has 2 rings (SSSR count). The summed E-state index contributed by atoms with van der Waals surface area (Å²) in [4.78, 5) is 2.74. The number of piperidine rings is 2. The Morgan fingerprint density at radius 2 is 2.00 bits per heavy atom. The minimum absolute atomic E-state index is 0.465. The summed E-state index contributed by atoms with van der Waals surface area (Å²) in [7, 11) is 0. The molecule has 2 saturated heterocycles. The van der Waals surface area contributed by atoms with Crippen LogP contribution in [-0.4, -0.2) is 41.1 Å². The molecule has 0 aromatic rings. The molecule has 0 spiro atoms. The number of rotatable bonds is 5. The van der Waals surface area contributed by atoms with Crippen molar-refractivity contribution in [3.63, 3.8) is 0 Å². The molecular weight excluding hydrogens is 216 g/mol. The summed E-state index contributed by atoms with van der Waals surface area (Å²) < 4.78 is 0. The molecule has 0 aromatic carbocycles. The number of nitrogens with two attached hydrogens (primary N) is 1. The van der Waals surface area contributed by atoms with Gasteiger partial charge in [0.25, 0.3) is 0 Å². The SMILES string of the molecule is C=CCSCCN1C2CCCC1CC(N)C2. The summed E-state index contributed by atoms with van der Waals surface area (Å²) in [5.74, 6) is 2.33. The lowest BCUT2D eigenvalue weighted by molar-refractivity contribution is 0.0377. The monoisotopic (exact) mass is 240 g/mol. The minimum atomic E-state index is 0.465. The Kier molecular flexibility index (Phi) is 4.74. The Hall–Kier alpha value is 0.01000. The third kappa shape index (κ3) is 3.02. The highest BCUT2D eigenvalue weighted by Gasteiger charge is 2.36. The lowest BCUT2D eigenvalue weighted by Gasteiger charge is -2.48. The Morgan fingerprint density at radius 3 is 2.62 bits per heavy atom. The van der Waals surface area contributed by atoms with Crippen molar-refractivity contribution >= 4 is 11.8 Å². The van der Waals surface area contributed by atoms with Gasteiger partial charge in [-0.25, -0.2) is 0 Å². The van der Waals surface area contributed by atoms with Crippen LogP contribution in [0, 0.1) is 0 Å². The Morgan fingerprint density at radius 1 is 1.31 bits per heavy atom. The van der Waals surface area contributed by atoms with Crippen LogP contribution in [0.5, 0.6) is 0 Å². The van der Waals surface area contributed by atoms with Crippen molar-refractivity contribution in [1.29, 1.82) is 0 Å². The van der Waals surface area contributed by atoms with E-state index in [9.17, 15) is 0 Å². The molecule has 0 amide bonds. The second-order valence-electron chi connectivity index (χ2n) is 5.07. The van der Waals surface area contributed by atoms with Gasteiger partial charge in [0.2, 0.25) is 0 Å². The quantitative estimate of drug-likeness (QED) is 0.590. The van der Waals surface area contributed by atoms with Gasteiger partial charge in [0.05, 0.1) is 0 Å². The smallest absolute Gasteiger partial charge is 0.0113 e. The van der Waals surface area contributed by atoms with E-state index in [4.69, 9.17) is 5.73 Å². The van der Waals surface area contributed by atoms with Crippen molar-refractivity contribution in [2.24, 2.45) is 5.73 Å². The van der Waals surface area contributed by atoms with Gasteiger partial charge in [0, 0.05) is 36.2 Å². The number of hydrogen-bond donors (Lipinski definition) is 1. The number of thioether (sulfide) groups is 1. The van der Waals surface area contributed by atoms with Crippen LogP contribution in [0.4, 0.5) is 0 Å². The fourth-order valence-corrected chi connectivity index (χ4v) is 3.90. The van der Waals surface area contributed by atoms with Crippen LogP contribution >= 0.6 is 11.8 Å². The molecule has 0 aromatic heterocycles. The first-order valence-corrected chi connectivity index (χ1v) is 7.66. The molecule has 2 unspecified atom stereocenters. The highest BCUT2D eigenvalue weighted by molar-refractivity contribution is 7.99. The molecule has 2 atom stereocenters. The normalized spacial score (nSPS) is 34.9. The first-order chi connectivity index (χ1) is 7.81. The van der Waals surface area contributed by atoms with Crippen molar-refractivity contribution in [3.05, 3.63) is 12.7 Å². The van der Waals surface area contributed by atoms with E-state index in [1.807, 2.05) is 17.8 Å². The largest absolute Gasteiger partial charge is 0.328 e. The average Bonchev–Trinajstić information content (AvgIpc) is 2.25. The van der Waals surface area contributed by atoms with Gasteiger partial charge in [-0.2, -0.15) is 11.8 Å². The number of hydrogen-bond acceptors (Lipinski definition) is 3. The molecule has 2 heterocycles. The zero-order valence-electron chi connectivity index (χ0n) is 10.1. The molecule has 2 aliphatic heterocycles. The van der Waals surface area contributed by atoms with E-state index in [-0.39, 0.29) is 0 Å². The van der Waals surface area contributed by atoms with Gasteiger partial charge in [-0.15, -0.1) is 6.58 Å². The molecule has 0 aliphatic carbocycles. The van der Waals surface area contributed by atoms with Crippen LogP contribution in [0.3, 0.4) is 0 Å². The maximum atomic E-state index is 6.12. The molecule has 3 heteroatoms. The van der Waals surface area contributed by atoms with Crippen LogP contribution in [-0.2, 0) is 0 Å². The van der Waals surface area contributed by atoms with E-state index in [2.05, 4.69) is 11.5 Å². The highest BCUT2D eigenvalue weighted by atomic mass is 32.2. The van der Waals surface area contributed by atoms with Crippen LogP contribution in [0.15, 0.2) is 12.7 Å². The van der Waals surface area contributed by atoms with E-state index in [0.717, 1.165) is 17.8 Å². The Bertz CT molecular complexity index is 218. The molecular formula is C13H24N2S. The van der Waals surface area contributed by atoms with Gasteiger partial charge in [0.15, 0.2) is 0 Å². The lowest BCUT2D eigenvalue weighted by Crippen LogP contribution is -2.55. The molecule has 2 aliphatic rings. The molecule has 2 nitrogen and oxygen atoms in total. The van der Waals surface area contributed by atoms with Crippen LogP contribution in [0.1, 0.15) is 32.1 Å². The maximum Gasteiger partial charge on any atom is 0.0113 e. The Balaban J connectivity index is 1.81. The third-order valence-corrected chi connectivity index (χ3v) is 4.83. The van der Waals surface area contributed by atoms with E-state index < -0.39 is 0 Å². The lowest BCUT2D eigenvalue weighted by atomic mass is 9.82. The Labute approximate surface area is 104 Å². The summed E-state index contributed by atoms with van der Waals surface area (Å²) in [5, 5.41) is 0. The molecule has 2 fully saturated rings. The first-order valence-electron chi connectivity index (χ1n) is 6.51. The minimum Gasteiger partial charge on any atom is -0.328 e. The van der Waals surface area contributed by atoms with Crippen LogP contribution < -0.4 is 5.73 Å². The van der Waals surface area contributed by atoms with Crippen LogP contribution in [0.2, 0.25) is 0 Å². The summed E-state index contributed by atoms with van der Waals surface area (Å²) in [6, 6.07) is 2.03. The van der Waals surface area contributed by atoms with Crippen molar-refractivity contribution in [1.82, 2.24) is 4.90 Å². The fraction of sp³-hybridized carbons (Fsp3) is 0.846. The second-order valence-corrected chi connectivity index (χ2v) is 6.22. The number of nitrogens with zero attached hydrogens (tertiary/aromatic N) is 1. The second kappa shape index (κ2) is 6.08. The summed E-state index contributed by atoms with van der Waals surface area (Å²) in [5.41, 5.74) is 6.12. The van der Waals surface area contributed by atoms with Crippen molar-refractivity contribution in [2.75, 3.05) is 18.1 Å². The number of fused-ring (bicyclic) bond motifs is 2. The standard InChI is InChI=1S/C13H24N2S/c1-2-7-16-8-6-15-12-4-3-5-13(15)10-11(14)9-12/h2,11-13H,1,3-10,14H2. The predicted molar refractivity (Wildman–Crippen MR) is 72.9 cm³/mol. The van der Waals surface area contributed by atoms with E-state index in [0.29, 0.717) is 6.04 Å². The van der Waals surface area contributed by atoms with Crippen LogP contribution in [0.25, 0.3) is 0 Å². The van der Waals surface area contributed by atoms with Crippen molar-refractivity contribution in [3.8, 4) is 0 Å². The third-order valence-electron chi connectivity index (χ3n) is 3.89. The fourth-order valence-electron chi connectivity index (χ4n) is 3.22. The molecule has 92 valence electrons. The molecule has 0 radical (unpaired) electrons. The zero-order valence-corrected chi connectivity index (χ0v) is 10.9. The topological polar surface area (TPSA) is 29.3 Å². The van der Waals surface area contributed by atoms with Gasteiger partial charge in [-0.3, -0.25) is 4.90 Å². The average molecular weight is 240 g/mol. The van der Waals surface area contributed by atoms with Gasteiger partial charge >= 0.3 is 0 Å².